The Balaban J connectivity index is 3.02. The molecule has 34 valence electrons. The topological polar surface area (TPSA) is 0 Å². The molecule has 0 rings (SSSR count). The van der Waals surface area contributed by atoms with E-state index in [1.54, 1.807) is 0 Å². The summed E-state index contributed by atoms with van der Waals surface area (Å²) in [6.07, 6.45) is 0. The number of hydrogen-bond donors (Lipinski definition) is 0. The third kappa shape index (κ3) is 33.2. The fraction of sp³-hybridized carbons (Fsp3) is 0. The van der Waals surface area contributed by atoms with E-state index in [-0.39, 0.29) is 0 Å². The Bertz CT molecular complexity index is 22.4. The fourth-order valence-corrected chi connectivity index (χ4v) is 0. The summed E-state index contributed by atoms with van der Waals surface area (Å²) in [6.45, 7) is 0. The third-order valence-electron chi connectivity index (χ3n) is 0. The predicted octanol–water partition coefficient (Wildman–Crippen LogP) is 1.50. The van der Waals surface area contributed by atoms with E-state index >= 15 is 0 Å². The molecule has 0 spiro atoms. The van der Waals surface area contributed by atoms with Crippen molar-refractivity contribution in [2.24, 2.45) is 0 Å². The zero-order valence-electron chi connectivity index (χ0n) is 2.01. The molecule has 5 heteroatoms. The van der Waals surface area contributed by atoms with Crippen molar-refractivity contribution in [3.05, 3.63) is 0 Å². The van der Waals surface area contributed by atoms with E-state index in [2.05, 4.69) is 0 Å². The molecule has 0 amide bonds. The summed E-state index contributed by atoms with van der Waals surface area (Å²) in [5.41, 5.74) is 0. The van der Waals surface area contributed by atoms with Gasteiger partial charge in [-0.3, -0.25) is 0 Å². The normalized spacial score (nSPS) is 15.2. The summed E-state index contributed by atoms with van der Waals surface area (Å²) in [5, 5.41) is 0. The summed E-state index contributed by atoms with van der Waals surface area (Å²) in [4.78, 5) is 0. The Morgan fingerprint density at radius 1 is 1.20 bits per heavy atom. The van der Waals surface area contributed by atoms with Crippen molar-refractivity contribution >= 4 is 35.0 Å². The van der Waals surface area contributed by atoms with Gasteiger partial charge in [0.15, 0.2) is 0 Å². The second kappa shape index (κ2) is 1.87. The van der Waals surface area contributed by atoms with Crippen molar-refractivity contribution in [1.82, 2.24) is 0 Å². The van der Waals surface area contributed by atoms with E-state index in [0.717, 1.165) is 0 Å². The van der Waals surface area contributed by atoms with Crippen molar-refractivity contribution in [3.8, 4) is 0 Å². The first-order valence-corrected chi connectivity index (χ1v) is 12.3. The van der Waals surface area contributed by atoms with Crippen LogP contribution in [0.3, 0.4) is 0 Å². The van der Waals surface area contributed by atoms with Gasteiger partial charge < -0.3 is 0 Å². The standard InChI is InChI=1S/3FH.HI.Sb.H/h4*1H;;/q;;;;+4;/p-4. The molecule has 0 N–H and O–H groups in total. The molecule has 0 radical (unpaired) electrons. The molecule has 0 bridgehead atoms. The van der Waals surface area contributed by atoms with Crippen molar-refractivity contribution < 1.29 is 8.44 Å². The number of hydrogen-bond acceptors (Lipinski definition) is 0. The minimum atomic E-state index is -5.71. The molecule has 0 aliphatic carbocycles. The minimum absolute atomic E-state index is 0.588. The summed E-state index contributed by atoms with van der Waals surface area (Å²) in [5.74, 6) is 0. The Hall–Kier alpha value is 1.34. The second-order valence-corrected chi connectivity index (χ2v) is 11.1. The molecule has 0 aromatic carbocycles. The molecule has 0 saturated heterocycles. The summed E-state index contributed by atoms with van der Waals surface area (Å²) in [7, 11) is 0. The van der Waals surface area contributed by atoms with Crippen molar-refractivity contribution in [2.45, 2.75) is 0 Å². The van der Waals surface area contributed by atoms with Crippen LogP contribution in [0, 0.1) is 0 Å². The van der Waals surface area contributed by atoms with Gasteiger partial charge in [0.1, 0.15) is 0 Å². The molecule has 0 heterocycles. The molecule has 0 aliphatic rings. The van der Waals surface area contributed by atoms with Gasteiger partial charge in [-0.1, -0.05) is 0 Å². The van der Waals surface area contributed by atoms with Gasteiger partial charge in [-0.05, 0) is 0 Å². The van der Waals surface area contributed by atoms with Gasteiger partial charge >= 0.3 is 43.5 Å². The first-order valence-electron chi connectivity index (χ1n) is 0.756. The van der Waals surface area contributed by atoms with Gasteiger partial charge in [0, 0.05) is 0 Å². The third-order valence-corrected chi connectivity index (χ3v) is 0. The molecule has 0 nitrogen and oxygen atoms in total. The van der Waals surface area contributed by atoms with E-state index in [4.69, 9.17) is 0 Å². The van der Waals surface area contributed by atoms with Gasteiger partial charge in [-0.25, -0.2) is 0 Å². The Morgan fingerprint density at radius 3 is 1.20 bits per heavy atom. The molecule has 5 heavy (non-hydrogen) atoms. The van der Waals surface area contributed by atoms with E-state index in [1.165, 1.54) is 0 Å². The summed E-state index contributed by atoms with van der Waals surface area (Å²) < 4.78 is 31.7. The average molecular weight is 307 g/mol. The van der Waals surface area contributed by atoms with Crippen LogP contribution in [0.2, 0.25) is 0 Å². The molecule has 0 fully saturated rings. The molecular weight excluding hydrogens is 306 g/mol. The molecule has 0 saturated carbocycles. The van der Waals surface area contributed by atoms with Crippen LogP contribution < -0.4 is 0 Å². The predicted molar refractivity (Wildman–Crippen MR) is 24.5 cm³/mol. The first-order chi connectivity index (χ1) is 2.00. The Morgan fingerprint density at radius 2 is 1.20 bits per heavy atom. The van der Waals surface area contributed by atoms with Gasteiger partial charge in [-0.15, -0.1) is 0 Å². The summed E-state index contributed by atoms with van der Waals surface area (Å²) in [6, 6.07) is 0. The molecule has 0 unspecified atom stereocenters. The van der Waals surface area contributed by atoms with Crippen molar-refractivity contribution in [3.63, 3.8) is 0 Å². The second-order valence-electron chi connectivity index (χ2n) is 0.429. The maximum atomic E-state index is 10.6. The molecule has 0 aromatic heterocycles. The average Bonchev–Trinajstić information content (AvgIpc) is 0.722. The Kier molecular flexibility index (Phi) is 2.36. The SMILES string of the molecule is [F][SbH]([F])([F])[I]. The van der Waals surface area contributed by atoms with Crippen molar-refractivity contribution in [1.29, 1.82) is 0 Å². The molecular formula is HF3ISb. The quantitative estimate of drug-likeness (QED) is 0.470. The first kappa shape index (κ1) is 6.34. The van der Waals surface area contributed by atoms with Crippen LogP contribution in [0.25, 0.3) is 0 Å². The summed E-state index contributed by atoms with van der Waals surface area (Å²) >= 11 is -5.12. The van der Waals surface area contributed by atoms with Gasteiger partial charge in [0.05, 0.1) is 0 Å². The van der Waals surface area contributed by atoms with E-state index in [1.807, 2.05) is 0 Å². The maximum absolute atomic E-state index is 10.6. The van der Waals surface area contributed by atoms with Gasteiger partial charge in [0.2, 0.25) is 0 Å². The molecule has 0 atom stereocenters. The van der Waals surface area contributed by atoms with Gasteiger partial charge in [-0.2, -0.15) is 0 Å². The van der Waals surface area contributed by atoms with Crippen LogP contribution in [0.5, 0.6) is 0 Å². The van der Waals surface area contributed by atoms with E-state index < -0.39 is 16.5 Å². The van der Waals surface area contributed by atoms with Crippen LogP contribution >= 0.6 is 18.5 Å². The van der Waals surface area contributed by atoms with Gasteiger partial charge in [0.25, 0.3) is 0 Å². The van der Waals surface area contributed by atoms with E-state index in [9.17, 15) is 8.44 Å². The number of halogens is 4. The van der Waals surface area contributed by atoms with Crippen LogP contribution in [0.4, 0.5) is 8.44 Å². The monoisotopic (exact) mass is 306 g/mol. The fourth-order valence-electron chi connectivity index (χ4n) is 0. The van der Waals surface area contributed by atoms with Crippen LogP contribution in [0.15, 0.2) is 0 Å². The Labute approximate surface area is 43.2 Å². The zero-order chi connectivity index (χ0) is 4.50. The number of rotatable bonds is 0. The molecule has 0 aliphatic heterocycles. The van der Waals surface area contributed by atoms with Crippen molar-refractivity contribution in [2.75, 3.05) is 0 Å². The van der Waals surface area contributed by atoms with Crippen LogP contribution in [-0.2, 0) is 0 Å². The van der Waals surface area contributed by atoms with E-state index in [0.29, 0.717) is 18.5 Å². The molecule has 0 aromatic rings. The van der Waals surface area contributed by atoms with Crippen LogP contribution in [-0.4, -0.2) is 16.5 Å². The van der Waals surface area contributed by atoms with Crippen LogP contribution in [0.1, 0.15) is 0 Å². The zero-order valence-corrected chi connectivity index (χ0v) is 7.02.